The highest BCUT2D eigenvalue weighted by Gasteiger charge is 2.29. The third-order valence-electron chi connectivity index (χ3n) is 5.08. The van der Waals surface area contributed by atoms with E-state index in [9.17, 15) is 4.79 Å². The second-order valence-corrected chi connectivity index (χ2v) is 6.54. The van der Waals surface area contributed by atoms with E-state index in [2.05, 4.69) is 28.2 Å². The smallest absolute Gasteiger partial charge is 0.272 e. The molecule has 2 heterocycles. The van der Waals surface area contributed by atoms with Crippen LogP contribution in [0.2, 0.25) is 0 Å². The number of fused-ring (bicyclic) bond motifs is 3. The first-order valence-corrected chi connectivity index (χ1v) is 8.39. The maximum absolute atomic E-state index is 12.9. The Morgan fingerprint density at radius 3 is 2.75 bits per heavy atom. The number of hydrogen-bond acceptors (Lipinski definition) is 4. The van der Waals surface area contributed by atoms with Crippen molar-refractivity contribution in [3.63, 3.8) is 0 Å². The van der Waals surface area contributed by atoms with Crippen LogP contribution in [0.25, 0.3) is 11.3 Å². The monoisotopic (exact) mass is 326 g/mol. The minimum Gasteiger partial charge on any atom is -0.497 e. The fraction of sp³-hybridized carbons (Fsp3) is 0.444. The van der Waals surface area contributed by atoms with Gasteiger partial charge >= 0.3 is 0 Å². The molecule has 24 heavy (non-hydrogen) atoms. The van der Waals surface area contributed by atoms with E-state index in [1.807, 2.05) is 17.0 Å². The van der Waals surface area contributed by atoms with Crippen molar-refractivity contribution in [3.8, 4) is 17.0 Å². The van der Waals surface area contributed by atoms with E-state index in [4.69, 9.17) is 4.74 Å². The quantitative estimate of drug-likeness (QED) is 0.910. The number of methoxy groups -OCH3 is 1. The lowest BCUT2D eigenvalue weighted by Crippen LogP contribution is -2.47. The highest BCUT2D eigenvalue weighted by Crippen LogP contribution is 2.35. The van der Waals surface area contributed by atoms with Gasteiger partial charge in [-0.1, -0.05) is 0 Å². The predicted molar refractivity (Wildman–Crippen MR) is 91.4 cm³/mol. The van der Waals surface area contributed by atoms with Crippen LogP contribution in [0.4, 0.5) is 0 Å². The number of nitrogens with one attached hydrogen (secondary N) is 1. The highest BCUT2D eigenvalue weighted by molar-refractivity contribution is 5.96. The Kier molecular flexibility index (Phi) is 3.76. The van der Waals surface area contributed by atoms with Crippen LogP contribution in [0.15, 0.2) is 18.2 Å². The van der Waals surface area contributed by atoms with Crippen LogP contribution in [0.1, 0.15) is 21.6 Å². The molecule has 1 aliphatic heterocycles. The topological polar surface area (TPSA) is 61.5 Å². The molecule has 2 aromatic rings. The van der Waals surface area contributed by atoms with Crippen molar-refractivity contribution in [1.29, 1.82) is 0 Å². The van der Waals surface area contributed by atoms with Gasteiger partial charge in [0.05, 0.1) is 12.8 Å². The van der Waals surface area contributed by atoms with Crippen LogP contribution in [-0.4, -0.2) is 66.2 Å². The number of hydrogen-bond donors (Lipinski definition) is 1. The maximum atomic E-state index is 12.9. The number of carbonyl (C=O) groups excluding carboxylic acids is 1. The van der Waals surface area contributed by atoms with E-state index in [0.717, 1.165) is 61.6 Å². The minimum absolute atomic E-state index is 0.0776. The predicted octanol–water partition coefficient (Wildman–Crippen LogP) is 1.57. The Balaban J connectivity index is 1.64. The third-order valence-corrected chi connectivity index (χ3v) is 5.08. The standard InChI is InChI=1S/C18H22N4O2/c1-21-7-9-22(10-8-21)18(23)17-15-5-3-12-11-13(24-2)4-6-14(12)16(15)19-20-17/h4,6,11H,3,5,7-10H2,1-2H3,(H,19,20). The van der Waals surface area contributed by atoms with Crippen molar-refractivity contribution in [3.05, 3.63) is 35.0 Å². The zero-order valence-electron chi connectivity index (χ0n) is 14.1. The summed E-state index contributed by atoms with van der Waals surface area (Å²) in [6.45, 7) is 3.39. The second kappa shape index (κ2) is 5.94. The van der Waals surface area contributed by atoms with Gasteiger partial charge in [0.15, 0.2) is 0 Å². The van der Waals surface area contributed by atoms with Crippen molar-refractivity contribution in [2.75, 3.05) is 40.3 Å². The van der Waals surface area contributed by atoms with Crippen LogP contribution in [0, 0.1) is 0 Å². The number of rotatable bonds is 2. The van der Waals surface area contributed by atoms with Gasteiger partial charge in [0.25, 0.3) is 5.91 Å². The number of H-pyrrole nitrogens is 1. The Morgan fingerprint density at radius 1 is 1.21 bits per heavy atom. The van der Waals surface area contributed by atoms with Gasteiger partial charge in [-0.25, -0.2) is 0 Å². The molecule has 1 aromatic heterocycles. The molecule has 1 aliphatic carbocycles. The summed E-state index contributed by atoms with van der Waals surface area (Å²) in [5.41, 5.74) is 4.96. The van der Waals surface area contributed by atoms with Crippen molar-refractivity contribution in [2.24, 2.45) is 0 Å². The Bertz CT molecular complexity index is 775. The normalized spacial score (nSPS) is 17.3. The highest BCUT2D eigenvalue weighted by atomic mass is 16.5. The zero-order chi connectivity index (χ0) is 16.7. The van der Waals surface area contributed by atoms with Crippen LogP contribution in [0.3, 0.4) is 0 Å². The lowest BCUT2D eigenvalue weighted by molar-refractivity contribution is 0.0657. The van der Waals surface area contributed by atoms with Crippen LogP contribution < -0.4 is 4.74 Å². The van der Waals surface area contributed by atoms with Gasteiger partial charge in [-0.2, -0.15) is 5.10 Å². The van der Waals surface area contributed by atoms with Crippen molar-refractivity contribution >= 4 is 5.91 Å². The molecule has 4 rings (SSSR count). The van der Waals surface area contributed by atoms with E-state index in [0.29, 0.717) is 5.69 Å². The lowest BCUT2D eigenvalue weighted by atomic mass is 9.88. The number of piperazine rings is 1. The summed E-state index contributed by atoms with van der Waals surface area (Å²) >= 11 is 0. The Hall–Kier alpha value is -2.34. The molecule has 6 nitrogen and oxygen atoms in total. The first-order valence-electron chi connectivity index (χ1n) is 8.39. The number of aromatic amines is 1. The summed E-state index contributed by atoms with van der Waals surface area (Å²) in [6.07, 6.45) is 1.74. The summed E-state index contributed by atoms with van der Waals surface area (Å²) in [7, 11) is 3.77. The van der Waals surface area contributed by atoms with Gasteiger partial charge < -0.3 is 14.5 Å². The molecule has 6 heteroatoms. The zero-order valence-corrected chi connectivity index (χ0v) is 14.1. The van der Waals surface area contributed by atoms with E-state index < -0.39 is 0 Å². The molecule has 2 aliphatic rings. The average Bonchev–Trinajstić information content (AvgIpc) is 3.05. The number of likely N-dealkylation sites (N-methyl/N-ethyl adjacent to an activating group) is 1. The number of nitrogens with zero attached hydrogens (tertiary/aromatic N) is 3. The molecule has 1 saturated heterocycles. The molecule has 0 bridgehead atoms. The van der Waals surface area contributed by atoms with Gasteiger partial charge in [-0.3, -0.25) is 9.89 Å². The van der Waals surface area contributed by atoms with Crippen molar-refractivity contribution in [2.45, 2.75) is 12.8 Å². The summed E-state index contributed by atoms with van der Waals surface area (Å²) < 4.78 is 5.31. The van der Waals surface area contributed by atoms with Crippen LogP contribution in [-0.2, 0) is 12.8 Å². The summed E-state index contributed by atoms with van der Waals surface area (Å²) in [4.78, 5) is 17.0. The summed E-state index contributed by atoms with van der Waals surface area (Å²) in [5, 5.41) is 7.47. The SMILES string of the molecule is COc1ccc2c(c1)CCc1c-2n[nH]c1C(=O)N1CCN(C)CC1. The largest absolute Gasteiger partial charge is 0.497 e. The third kappa shape index (κ3) is 2.47. The Morgan fingerprint density at radius 2 is 2.00 bits per heavy atom. The first kappa shape index (κ1) is 15.2. The van der Waals surface area contributed by atoms with Gasteiger partial charge in [0.2, 0.25) is 0 Å². The fourth-order valence-corrected chi connectivity index (χ4v) is 3.57. The van der Waals surface area contributed by atoms with Crippen molar-refractivity contribution < 1.29 is 9.53 Å². The molecule has 0 spiro atoms. The average molecular weight is 326 g/mol. The van der Waals surface area contributed by atoms with E-state index in [-0.39, 0.29) is 5.91 Å². The van der Waals surface area contributed by atoms with E-state index in [1.165, 1.54) is 5.56 Å². The van der Waals surface area contributed by atoms with Crippen molar-refractivity contribution in [1.82, 2.24) is 20.0 Å². The van der Waals surface area contributed by atoms with E-state index in [1.54, 1.807) is 7.11 Å². The molecular formula is C18H22N4O2. The van der Waals surface area contributed by atoms with E-state index >= 15 is 0 Å². The van der Waals surface area contributed by atoms with Crippen LogP contribution in [0.5, 0.6) is 5.75 Å². The number of benzene rings is 1. The van der Waals surface area contributed by atoms with Gasteiger partial charge in [-0.05, 0) is 43.7 Å². The number of carbonyl (C=O) groups is 1. The van der Waals surface area contributed by atoms with Gasteiger partial charge in [0, 0.05) is 37.3 Å². The number of aromatic nitrogens is 2. The molecule has 1 fully saturated rings. The van der Waals surface area contributed by atoms with Gasteiger partial charge in [0.1, 0.15) is 11.4 Å². The summed E-state index contributed by atoms with van der Waals surface area (Å²) in [6, 6.07) is 6.05. The number of ether oxygens (including phenoxy) is 1. The molecule has 126 valence electrons. The molecule has 1 aromatic carbocycles. The molecule has 1 N–H and O–H groups in total. The van der Waals surface area contributed by atoms with Crippen LogP contribution >= 0.6 is 0 Å². The number of aryl methyl sites for hydroxylation is 1. The molecule has 1 amide bonds. The lowest BCUT2D eigenvalue weighted by Gasteiger charge is -2.32. The van der Waals surface area contributed by atoms with Gasteiger partial charge in [-0.15, -0.1) is 0 Å². The molecule has 0 unspecified atom stereocenters. The molecule has 0 saturated carbocycles. The fourth-order valence-electron chi connectivity index (χ4n) is 3.57. The molecule has 0 atom stereocenters. The summed E-state index contributed by atoms with van der Waals surface area (Å²) in [5.74, 6) is 0.940. The number of amides is 1. The molecule has 0 radical (unpaired) electrons. The second-order valence-electron chi connectivity index (χ2n) is 6.54. The molecular weight excluding hydrogens is 304 g/mol. The maximum Gasteiger partial charge on any atom is 0.272 e. The first-order chi connectivity index (χ1) is 11.7. The Labute approximate surface area is 141 Å². The minimum atomic E-state index is 0.0776.